The summed E-state index contributed by atoms with van der Waals surface area (Å²) in [4.78, 5) is 3.84. The Morgan fingerprint density at radius 3 is 2.57 bits per heavy atom. The molecule has 0 radical (unpaired) electrons. The Labute approximate surface area is 135 Å². The Morgan fingerprint density at radius 2 is 1.96 bits per heavy atom. The summed E-state index contributed by atoms with van der Waals surface area (Å²) >= 11 is 0. The van der Waals surface area contributed by atoms with Crippen LogP contribution >= 0.6 is 0 Å². The van der Waals surface area contributed by atoms with Crippen molar-refractivity contribution in [1.29, 1.82) is 0 Å². The van der Waals surface area contributed by atoms with Crippen LogP contribution < -0.4 is 0 Å². The van der Waals surface area contributed by atoms with E-state index >= 15 is 0 Å². The molecule has 1 atom stereocenters. The minimum Gasteiger partial charge on any atom is -0.467 e. The van der Waals surface area contributed by atoms with Gasteiger partial charge in [0.25, 0.3) is 0 Å². The van der Waals surface area contributed by atoms with E-state index in [1.54, 1.807) is 11.1 Å². The lowest BCUT2D eigenvalue weighted by Crippen LogP contribution is -2.41. The average molecular weight is 311 g/mol. The van der Waals surface area contributed by atoms with Crippen LogP contribution in [0.4, 0.5) is 0 Å². The number of aromatic nitrogens is 4. The first-order valence-corrected chi connectivity index (χ1v) is 7.67. The molecule has 1 unspecified atom stereocenters. The predicted octanol–water partition coefficient (Wildman–Crippen LogP) is 2.20. The minimum absolute atomic E-state index is 0.494. The van der Waals surface area contributed by atoms with Gasteiger partial charge >= 0.3 is 0 Å². The number of tetrazole rings is 1. The van der Waals surface area contributed by atoms with Crippen LogP contribution in [0.2, 0.25) is 0 Å². The van der Waals surface area contributed by atoms with Crippen molar-refractivity contribution in [2.24, 2.45) is 0 Å². The maximum absolute atomic E-state index is 5.78. The van der Waals surface area contributed by atoms with Gasteiger partial charge in [-0.05, 0) is 43.4 Å². The first-order chi connectivity index (χ1) is 11.2. The molecule has 120 valence electrons. The van der Waals surface area contributed by atoms with Crippen LogP contribution in [0.15, 0.2) is 59.5 Å². The topological polar surface area (TPSA) is 60.0 Å². The number of hydrogen-bond donors (Lipinski definition) is 0. The second-order valence-electron chi connectivity index (χ2n) is 5.95. The monoisotopic (exact) mass is 311 g/mol. The van der Waals surface area contributed by atoms with Crippen LogP contribution in [0, 0.1) is 0 Å². The number of furan rings is 1. The third kappa shape index (κ3) is 3.32. The fourth-order valence-corrected chi connectivity index (χ4v) is 2.82. The highest BCUT2D eigenvalue weighted by molar-refractivity contribution is 5.23. The fraction of sp³-hybridized carbons (Fsp3) is 0.353. The molecule has 6 nitrogen and oxygen atoms in total. The molecule has 6 heteroatoms. The van der Waals surface area contributed by atoms with Crippen LogP contribution in [-0.4, -0.2) is 45.7 Å². The summed E-state index contributed by atoms with van der Waals surface area (Å²) in [5, 5.41) is 12.4. The summed E-state index contributed by atoms with van der Waals surface area (Å²) in [7, 11) is 4.12. The predicted molar refractivity (Wildman–Crippen MR) is 86.9 cm³/mol. The molecule has 0 aliphatic heterocycles. The molecular formula is C17H21N5O. The third-order valence-electron chi connectivity index (χ3n) is 4.02. The van der Waals surface area contributed by atoms with Gasteiger partial charge in [-0.3, -0.25) is 0 Å². The van der Waals surface area contributed by atoms with Gasteiger partial charge in [0.2, 0.25) is 0 Å². The molecular weight excluding hydrogens is 290 g/mol. The molecule has 3 aromatic rings. The van der Waals surface area contributed by atoms with Crippen molar-refractivity contribution in [1.82, 2.24) is 25.1 Å². The van der Waals surface area contributed by atoms with Gasteiger partial charge in [0.05, 0.1) is 6.26 Å². The third-order valence-corrected chi connectivity index (χ3v) is 4.02. The zero-order chi connectivity index (χ0) is 16.1. The molecule has 0 spiro atoms. The van der Waals surface area contributed by atoms with Gasteiger partial charge in [0.1, 0.15) is 11.3 Å². The normalized spacial score (nSPS) is 14.0. The maximum Gasteiger partial charge on any atom is 0.162 e. The van der Waals surface area contributed by atoms with Crippen LogP contribution in [0.3, 0.4) is 0 Å². The lowest BCUT2D eigenvalue weighted by molar-refractivity contribution is 0.189. The van der Waals surface area contributed by atoms with Crippen molar-refractivity contribution in [3.05, 3.63) is 66.4 Å². The molecule has 0 fully saturated rings. The molecule has 1 aromatic carbocycles. The quantitative estimate of drug-likeness (QED) is 0.669. The second kappa shape index (κ2) is 6.75. The number of benzene rings is 1. The Morgan fingerprint density at radius 1 is 1.13 bits per heavy atom. The average Bonchev–Trinajstić information content (AvgIpc) is 3.25. The van der Waals surface area contributed by atoms with Crippen molar-refractivity contribution in [2.75, 3.05) is 20.6 Å². The highest BCUT2D eigenvalue weighted by Crippen LogP contribution is 2.33. The zero-order valence-electron chi connectivity index (χ0n) is 13.5. The molecule has 2 aromatic heterocycles. The summed E-state index contributed by atoms with van der Waals surface area (Å²) in [5.41, 5.74) is 0.714. The van der Waals surface area contributed by atoms with E-state index in [1.807, 2.05) is 30.3 Å². The van der Waals surface area contributed by atoms with E-state index in [0.717, 1.165) is 25.1 Å². The smallest absolute Gasteiger partial charge is 0.162 e. The summed E-state index contributed by atoms with van der Waals surface area (Å²) in [5.74, 6) is 0.848. The highest BCUT2D eigenvalue weighted by Gasteiger charge is 2.39. The van der Waals surface area contributed by atoms with Crippen molar-refractivity contribution in [2.45, 2.75) is 18.4 Å². The zero-order valence-corrected chi connectivity index (χ0v) is 13.5. The molecule has 0 aliphatic rings. The van der Waals surface area contributed by atoms with E-state index in [0.29, 0.717) is 0 Å². The van der Waals surface area contributed by atoms with Gasteiger partial charge in [-0.25, -0.2) is 0 Å². The van der Waals surface area contributed by atoms with E-state index in [1.165, 1.54) is 11.9 Å². The Kier molecular flexibility index (Phi) is 4.52. The molecule has 0 bridgehead atoms. The van der Waals surface area contributed by atoms with Crippen LogP contribution in [0.1, 0.15) is 17.7 Å². The van der Waals surface area contributed by atoms with Gasteiger partial charge in [0.15, 0.2) is 6.33 Å². The molecule has 3 rings (SSSR count). The first kappa shape index (κ1) is 15.4. The van der Waals surface area contributed by atoms with Gasteiger partial charge in [-0.1, -0.05) is 30.3 Å². The molecule has 0 saturated heterocycles. The van der Waals surface area contributed by atoms with E-state index in [-0.39, 0.29) is 0 Å². The van der Waals surface area contributed by atoms with Gasteiger partial charge in [-0.2, -0.15) is 4.80 Å². The largest absolute Gasteiger partial charge is 0.467 e. The molecule has 0 saturated carbocycles. The number of nitrogens with zero attached hydrogens (tertiary/aromatic N) is 5. The van der Waals surface area contributed by atoms with Crippen molar-refractivity contribution >= 4 is 0 Å². The van der Waals surface area contributed by atoms with Crippen LogP contribution in [0.25, 0.3) is 0 Å². The summed E-state index contributed by atoms with van der Waals surface area (Å²) in [6, 6.07) is 14.2. The van der Waals surface area contributed by atoms with E-state index in [2.05, 4.69) is 46.5 Å². The van der Waals surface area contributed by atoms with E-state index in [4.69, 9.17) is 4.42 Å². The molecule has 0 aliphatic carbocycles. The van der Waals surface area contributed by atoms with E-state index < -0.39 is 5.54 Å². The van der Waals surface area contributed by atoms with Gasteiger partial charge < -0.3 is 9.32 Å². The molecule has 0 amide bonds. The first-order valence-electron chi connectivity index (χ1n) is 7.67. The molecule has 0 N–H and O–H groups in total. The van der Waals surface area contributed by atoms with Gasteiger partial charge in [0, 0.05) is 13.0 Å². The lowest BCUT2D eigenvalue weighted by Gasteiger charge is -2.31. The maximum atomic E-state index is 5.78. The molecule has 23 heavy (non-hydrogen) atoms. The highest BCUT2D eigenvalue weighted by atomic mass is 16.3. The van der Waals surface area contributed by atoms with Crippen LogP contribution in [-0.2, 0) is 12.0 Å². The van der Waals surface area contributed by atoms with Crippen molar-refractivity contribution in [3.63, 3.8) is 0 Å². The SMILES string of the molecule is CN(C)CCC(Cc1ccccc1)(c1ccco1)n1ncnn1. The number of rotatable bonds is 7. The Bertz CT molecular complexity index is 658. The fourth-order valence-electron chi connectivity index (χ4n) is 2.82. The second-order valence-corrected chi connectivity index (χ2v) is 5.95. The Hall–Kier alpha value is -2.47. The van der Waals surface area contributed by atoms with Crippen LogP contribution in [0.5, 0.6) is 0 Å². The summed E-state index contributed by atoms with van der Waals surface area (Å²) < 4.78 is 5.78. The lowest BCUT2D eigenvalue weighted by atomic mass is 9.85. The van der Waals surface area contributed by atoms with Gasteiger partial charge in [-0.15, -0.1) is 10.2 Å². The minimum atomic E-state index is -0.494. The summed E-state index contributed by atoms with van der Waals surface area (Å²) in [6.45, 7) is 0.884. The number of hydrogen-bond acceptors (Lipinski definition) is 5. The van der Waals surface area contributed by atoms with Crippen molar-refractivity contribution in [3.8, 4) is 0 Å². The standard InChI is InChI=1S/C17H21N5O/c1-21(2)11-10-17(16-9-6-12-23-16,22-19-14-18-20-22)13-15-7-4-3-5-8-15/h3-9,12,14H,10-11,13H2,1-2H3. The molecule has 2 heterocycles. The summed E-state index contributed by atoms with van der Waals surface area (Å²) in [6.07, 6.45) is 4.73. The van der Waals surface area contributed by atoms with E-state index in [9.17, 15) is 0 Å². The van der Waals surface area contributed by atoms with Crippen molar-refractivity contribution < 1.29 is 4.42 Å². The Balaban J connectivity index is 2.05.